The maximum Gasteiger partial charge on any atom is 0.259 e. The number of carbonyl (C=O) groups excluding carboxylic acids is 2. The van der Waals surface area contributed by atoms with E-state index in [2.05, 4.69) is 16.2 Å². The molecule has 1 aliphatic carbocycles. The lowest BCUT2D eigenvalue weighted by Gasteiger charge is -2.30. The molecule has 6 nitrogen and oxygen atoms in total. The van der Waals surface area contributed by atoms with E-state index in [9.17, 15) is 9.59 Å². The van der Waals surface area contributed by atoms with E-state index in [-0.39, 0.29) is 48.1 Å². The average Bonchev–Trinajstić information content (AvgIpc) is 3.24. The van der Waals surface area contributed by atoms with Crippen molar-refractivity contribution in [2.45, 2.75) is 45.6 Å². The third-order valence-corrected chi connectivity index (χ3v) is 6.56. The van der Waals surface area contributed by atoms with Gasteiger partial charge in [-0.3, -0.25) is 9.59 Å². The van der Waals surface area contributed by atoms with Crippen molar-refractivity contribution in [1.29, 1.82) is 0 Å². The molecule has 0 spiro atoms. The molecule has 34 heavy (non-hydrogen) atoms. The number of amides is 2. The summed E-state index contributed by atoms with van der Waals surface area (Å²) in [5, 5.41) is 2.50. The summed E-state index contributed by atoms with van der Waals surface area (Å²) in [7, 11) is 0. The Bertz CT molecular complexity index is 1170. The van der Waals surface area contributed by atoms with E-state index in [1.165, 1.54) is 11.0 Å². The number of nitrogens with one attached hydrogen (secondary N) is 2. The molecule has 0 unspecified atom stereocenters. The highest BCUT2D eigenvalue weighted by Crippen LogP contribution is 2.42. The molecule has 180 valence electrons. The normalized spacial score (nSPS) is 20.6. The first-order valence-corrected chi connectivity index (χ1v) is 11.3. The van der Waals surface area contributed by atoms with E-state index >= 15 is 4.39 Å². The van der Waals surface area contributed by atoms with E-state index in [0.717, 1.165) is 42.6 Å². The SMILES string of the molecule is C#CCNC(=O)c1ccc2c(c1F)N(CC1CCC(N)CC1)C(=O)/C2=C\c1[nH]c(C)cc1C.Cl. The Morgan fingerprint density at radius 2 is 2.03 bits per heavy atom. The molecule has 1 aromatic carbocycles. The number of halogens is 2. The summed E-state index contributed by atoms with van der Waals surface area (Å²) in [5.74, 6) is 0.984. The van der Waals surface area contributed by atoms with Crippen LogP contribution in [0.2, 0.25) is 0 Å². The van der Waals surface area contributed by atoms with Gasteiger partial charge in [0.1, 0.15) is 0 Å². The molecule has 0 saturated heterocycles. The van der Waals surface area contributed by atoms with Crippen molar-refractivity contribution in [1.82, 2.24) is 10.3 Å². The second-order valence-corrected chi connectivity index (χ2v) is 9.01. The molecule has 8 heteroatoms. The number of aryl methyl sites for hydroxylation is 2. The molecule has 1 aliphatic heterocycles. The molecular formula is C26H30ClFN4O2. The van der Waals surface area contributed by atoms with Gasteiger partial charge in [0.2, 0.25) is 0 Å². The molecule has 0 radical (unpaired) electrons. The highest BCUT2D eigenvalue weighted by Gasteiger charge is 2.38. The Morgan fingerprint density at radius 1 is 1.32 bits per heavy atom. The monoisotopic (exact) mass is 484 g/mol. The number of terminal acetylenes is 1. The Labute approximate surface area is 205 Å². The fourth-order valence-electron chi connectivity index (χ4n) is 4.80. The predicted octanol–water partition coefficient (Wildman–Crippen LogP) is 3.96. The Balaban J connectivity index is 0.00000324. The molecule has 0 bridgehead atoms. The molecule has 2 aliphatic rings. The lowest BCUT2D eigenvalue weighted by atomic mass is 9.86. The number of H-pyrrole nitrogens is 1. The standard InChI is InChI=1S/C26H29FN4O2.ClH/c1-4-11-29-25(32)20-10-9-19-21(13-22-15(2)12-16(3)30-22)26(33)31(24(19)23(20)27)14-17-5-7-18(28)8-6-17;/h1,9-10,12-13,17-18,30H,5-8,11,14,28H2,2-3H3,(H,29,32);1H/b21-13-;. The van der Waals surface area contributed by atoms with Crippen LogP contribution < -0.4 is 16.0 Å². The predicted molar refractivity (Wildman–Crippen MR) is 135 cm³/mol. The van der Waals surface area contributed by atoms with Crippen molar-refractivity contribution in [3.05, 3.63) is 52.1 Å². The van der Waals surface area contributed by atoms with Gasteiger partial charge < -0.3 is 20.9 Å². The van der Waals surface area contributed by atoms with Crippen molar-refractivity contribution in [2.24, 2.45) is 11.7 Å². The highest BCUT2D eigenvalue weighted by atomic mass is 35.5. The number of carbonyl (C=O) groups is 2. The van der Waals surface area contributed by atoms with Crippen LogP contribution in [0.1, 0.15) is 58.6 Å². The van der Waals surface area contributed by atoms with Gasteiger partial charge in [0, 0.05) is 29.5 Å². The van der Waals surface area contributed by atoms with Crippen molar-refractivity contribution in [3.63, 3.8) is 0 Å². The van der Waals surface area contributed by atoms with Crippen molar-refractivity contribution in [3.8, 4) is 12.3 Å². The number of anilines is 1. The van der Waals surface area contributed by atoms with Crippen LogP contribution in [0.4, 0.5) is 10.1 Å². The molecule has 1 aromatic heterocycles. The van der Waals surface area contributed by atoms with Crippen LogP contribution in [0.25, 0.3) is 11.6 Å². The third-order valence-electron chi connectivity index (χ3n) is 6.56. The highest BCUT2D eigenvalue weighted by molar-refractivity contribution is 6.36. The molecule has 2 heterocycles. The third kappa shape index (κ3) is 4.89. The topological polar surface area (TPSA) is 91.2 Å². The number of hydrogen-bond acceptors (Lipinski definition) is 3. The van der Waals surface area contributed by atoms with E-state index in [1.54, 1.807) is 12.1 Å². The minimum absolute atomic E-state index is 0. The van der Waals surface area contributed by atoms with Crippen LogP contribution in [0, 0.1) is 37.9 Å². The van der Waals surface area contributed by atoms with Gasteiger partial charge in [-0.1, -0.05) is 12.0 Å². The fraction of sp³-hybridized carbons (Fsp3) is 0.385. The first-order chi connectivity index (χ1) is 15.8. The molecule has 2 aromatic rings. The van der Waals surface area contributed by atoms with Crippen LogP contribution in [-0.4, -0.2) is 35.9 Å². The molecule has 0 atom stereocenters. The second-order valence-electron chi connectivity index (χ2n) is 9.01. The van der Waals surface area contributed by atoms with Crippen LogP contribution >= 0.6 is 12.4 Å². The van der Waals surface area contributed by atoms with Gasteiger partial charge >= 0.3 is 0 Å². The van der Waals surface area contributed by atoms with Gasteiger partial charge in [0.05, 0.1) is 23.4 Å². The summed E-state index contributed by atoms with van der Waals surface area (Å²) in [6, 6.07) is 5.24. The van der Waals surface area contributed by atoms with E-state index in [1.807, 2.05) is 19.9 Å². The molecule has 1 saturated carbocycles. The number of nitrogens with zero attached hydrogens (tertiary/aromatic N) is 1. The maximum absolute atomic E-state index is 15.7. The number of benzene rings is 1. The van der Waals surface area contributed by atoms with Gasteiger partial charge in [-0.25, -0.2) is 4.39 Å². The maximum atomic E-state index is 15.7. The number of hydrogen-bond donors (Lipinski definition) is 3. The van der Waals surface area contributed by atoms with Crippen molar-refractivity contribution in [2.75, 3.05) is 18.0 Å². The number of nitrogens with two attached hydrogens (primary N) is 1. The van der Waals surface area contributed by atoms with Crippen LogP contribution in [-0.2, 0) is 4.79 Å². The second kappa shape index (κ2) is 10.5. The minimum Gasteiger partial charge on any atom is -0.359 e. The van der Waals surface area contributed by atoms with E-state index in [0.29, 0.717) is 17.7 Å². The van der Waals surface area contributed by atoms with Gasteiger partial charge in [0.25, 0.3) is 11.8 Å². The molecule has 4 rings (SSSR count). The number of rotatable bonds is 5. The van der Waals surface area contributed by atoms with Crippen LogP contribution in [0.5, 0.6) is 0 Å². The summed E-state index contributed by atoms with van der Waals surface area (Å²) in [6.45, 7) is 4.29. The number of aromatic nitrogens is 1. The Morgan fingerprint density at radius 3 is 2.65 bits per heavy atom. The zero-order valence-electron chi connectivity index (χ0n) is 19.4. The lowest BCUT2D eigenvalue weighted by molar-refractivity contribution is -0.113. The molecule has 2 amide bonds. The first kappa shape index (κ1) is 25.5. The zero-order valence-corrected chi connectivity index (χ0v) is 20.2. The van der Waals surface area contributed by atoms with Crippen molar-refractivity contribution >= 4 is 41.6 Å². The van der Waals surface area contributed by atoms with Gasteiger partial charge in [-0.15, -0.1) is 18.8 Å². The van der Waals surface area contributed by atoms with Gasteiger partial charge in [0.15, 0.2) is 5.82 Å². The largest absolute Gasteiger partial charge is 0.359 e. The Hall–Kier alpha value is -3.08. The van der Waals surface area contributed by atoms with E-state index in [4.69, 9.17) is 12.2 Å². The van der Waals surface area contributed by atoms with E-state index < -0.39 is 11.7 Å². The van der Waals surface area contributed by atoms with Crippen LogP contribution in [0.3, 0.4) is 0 Å². The fourth-order valence-corrected chi connectivity index (χ4v) is 4.80. The zero-order chi connectivity index (χ0) is 23.7. The molecule has 1 fully saturated rings. The molecule has 4 N–H and O–H groups in total. The lowest BCUT2D eigenvalue weighted by Crippen LogP contribution is -2.36. The van der Waals surface area contributed by atoms with Gasteiger partial charge in [-0.2, -0.15) is 0 Å². The van der Waals surface area contributed by atoms with Gasteiger partial charge in [-0.05, 0) is 69.2 Å². The summed E-state index contributed by atoms with van der Waals surface area (Å²) in [4.78, 5) is 30.8. The minimum atomic E-state index is -0.703. The quantitative estimate of drug-likeness (QED) is 0.443. The summed E-state index contributed by atoms with van der Waals surface area (Å²) in [6.07, 6.45) is 10.5. The smallest absolute Gasteiger partial charge is 0.259 e. The summed E-state index contributed by atoms with van der Waals surface area (Å²) in [5.41, 5.74) is 9.77. The van der Waals surface area contributed by atoms with Crippen molar-refractivity contribution < 1.29 is 14.0 Å². The number of fused-ring (bicyclic) bond motifs is 1. The average molecular weight is 485 g/mol. The van der Waals surface area contributed by atoms with Crippen LogP contribution in [0.15, 0.2) is 18.2 Å². The summed E-state index contributed by atoms with van der Waals surface area (Å²) >= 11 is 0. The summed E-state index contributed by atoms with van der Waals surface area (Å²) < 4.78 is 15.7. The molecular weight excluding hydrogens is 455 g/mol. The first-order valence-electron chi connectivity index (χ1n) is 11.3. The Kier molecular flexibility index (Phi) is 7.86. The number of aromatic amines is 1.